The van der Waals surface area contributed by atoms with Gasteiger partial charge in [-0.2, -0.15) is 0 Å². The molecule has 0 aliphatic carbocycles. The molecule has 3 aromatic rings. The molecule has 19 heavy (non-hydrogen) atoms. The Kier molecular flexibility index (Phi) is 2.84. The maximum Gasteiger partial charge on any atom is 0.206 e. The molecule has 0 spiro atoms. The van der Waals surface area contributed by atoms with Crippen LogP contribution in [-0.2, 0) is 0 Å². The second kappa shape index (κ2) is 4.40. The maximum atomic E-state index is 14.0. The molecule has 2 aromatic carbocycles. The van der Waals surface area contributed by atoms with E-state index in [1.165, 1.54) is 10.6 Å². The van der Waals surface area contributed by atoms with Gasteiger partial charge in [0, 0.05) is 5.02 Å². The first-order valence-electron chi connectivity index (χ1n) is 5.46. The first-order chi connectivity index (χ1) is 9.08. The molecule has 0 amide bonds. The molecule has 0 unspecified atom stereocenters. The van der Waals surface area contributed by atoms with Crippen LogP contribution in [0.4, 0.5) is 10.3 Å². The molecular weight excluding hydrogens is 288 g/mol. The predicted octanol–water partition coefficient (Wildman–Crippen LogP) is 4.05. The molecule has 0 fully saturated rings. The van der Waals surface area contributed by atoms with Crippen molar-refractivity contribution < 1.29 is 4.39 Å². The third-order valence-electron chi connectivity index (χ3n) is 2.80. The highest BCUT2D eigenvalue weighted by atomic mass is 35.5. The molecule has 3 rings (SSSR count). The molecule has 0 saturated carbocycles. The van der Waals surface area contributed by atoms with Crippen molar-refractivity contribution in [3.8, 4) is 5.69 Å². The molecular formula is C13H8Cl2FN3. The average molecular weight is 296 g/mol. The van der Waals surface area contributed by atoms with Gasteiger partial charge in [0.25, 0.3) is 0 Å². The summed E-state index contributed by atoms with van der Waals surface area (Å²) in [4.78, 5) is 4.17. The first kappa shape index (κ1) is 12.3. The summed E-state index contributed by atoms with van der Waals surface area (Å²) in [6, 6.07) is 9.58. The third kappa shape index (κ3) is 1.93. The van der Waals surface area contributed by atoms with Gasteiger partial charge in [-0.05, 0) is 30.3 Å². The van der Waals surface area contributed by atoms with Crippen molar-refractivity contribution in [2.75, 3.05) is 5.73 Å². The van der Waals surface area contributed by atoms with Crippen LogP contribution in [0.25, 0.3) is 16.7 Å². The van der Waals surface area contributed by atoms with Gasteiger partial charge >= 0.3 is 0 Å². The Hall–Kier alpha value is -1.78. The Bertz CT molecular complexity index is 783. The average Bonchev–Trinajstić information content (AvgIpc) is 2.67. The number of fused-ring (bicyclic) bond motifs is 1. The number of nitrogens with two attached hydrogens (primary N) is 1. The molecule has 0 aliphatic rings. The summed E-state index contributed by atoms with van der Waals surface area (Å²) >= 11 is 11.9. The molecule has 1 aromatic heterocycles. The minimum absolute atomic E-state index is 0.171. The Morgan fingerprint density at radius 1 is 1.16 bits per heavy atom. The topological polar surface area (TPSA) is 43.8 Å². The number of benzene rings is 2. The molecule has 2 N–H and O–H groups in total. The lowest BCUT2D eigenvalue weighted by Crippen LogP contribution is -2.03. The Labute approximate surface area is 118 Å². The predicted molar refractivity (Wildman–Crippen MR) is 75.5 cm³/mol. The SMILES string of the molecule is Nc1nc2cccc(Cl)c2n1-c1ccc(Cl)cc1F. The van der Waals surface area contributed by atoms with Crippen LogP contribution >= 0.6 is 23.2 Å². The fourth-order valence-corrected chi connectivity index (χ4v) is 2.42. The van der Waals surface area contributed by atoms with Crippen LogP contribution in [0.5, 0.6) is 0 Å². The lowest BCUT2D eigenvalue weighted by atomic mass is 10.2. The van der Waals surface area contributed by atoms with Gasteiger partial charge in [0.1, 0.15) is 5.82 Å². The van der Waals surface area contributed by atoms with Crippen LogP contribution in [-0.4, -0.2) is 9.55 Å². The van der Waals surface area contributed by atoms with Crippen molar-refractivity contribution in [3.05, 3.63) is 52.3 Å². The maximum absolute atomic E-state index is 14.0. The smallest absolute Gasteiger partial charge is 0.206 e. The normalized spacial score (nSPS) is 11.1. The summed E-state index contributed by atoms with van der Waals surface area (Å²) in [6.45, 7) is 0. The molecule has 0 radical (unpaired) electrons. The van der Waals surface area contributed by atoms with Crippen LogP contribution in [0, 0.1) is 5.82 Å². The van der Waals surface area contributed by atoms with Gasteiger partial charge in [-0.3, -0.25) is 4.57 Å². The highest BCUT2D eigenvalue weighted by molar-refractivity contribution is 6.35. The first-order valence-corrected chi connectivity index (χ1v) is 6.21. The Balaban J connectivity index is 2.39. The van der Waals surface area contributed by atoms with Gasteiger partial charge in [-0.1, -0.05) is 29.3 Å². The number of imidazole rings is 1. The van der Waals surface area contributed by atoms with E-state index in [9.17, 15) is 4.39 Å². The van der Waals surface area contributed by atoms with Crippen molar-refractivity contribution in [1.82, 2.24) is 9.55 Å². The van der Waals surface area contributed by atoms with Gasteiger partial charge in [0.15, 0.2) is 0 Å². The van der Waals surface area contributed by atoms with Gasteiger partial charge in [0.05, 0.1) is 21.7 Å². The van der Waals surface area contributed by atoms with E-state index < -0.39 is 5.82 Å². The molecule has 0 aliphatic heterocycles. The summed E-state index contributed by atoms with van der Waals surface area (Å²) in [7, 11) is 0. The lowest BCUT2D eigenvalue weighted by Gasteiger charge is -2.08. The molecule has 96 valence electrons. The fourth-order valence-electron chi connectivity index (χ4n) is 2.01. The van der Waals surface area contributed by atoms with Crippen LogP contribution < -0.4 is 5.73 Å². The summed E-state index contributed by atoms with van der Waals surface area (Å²) < 4.78 is 15.5. The van der Waals surface area contributed by atoms with E-state index >= 15 is 0 Å². The standard InChI is InChI=1S/C13H8Cl2FN3/c14-7-4-5-11(9(16)6-7)19-12-8(15)2-1-3-10(12)18-13(19)17/h1-6H,(H2,17,18). The van der Waals surface area contributed by atoms with Crippen molar-refractivity contribution in [2.45, 2.75) is 0 Å². The van der Waals surface area contributed by atoms with Crippen LogP contribution in [0.15, 0.2) is 36.4 Å². The van der Waals surface area contributed by atoms with Crippen molar-refractivity contribution in [3.63, 3.8) is 0 Å². The Morgan fingerprint density at radius 3 is 2.68 bits per heavy atom. The van der Waals surface area contributed by atoms with E-state index in [0.717, 1.165) is 0 Å². The van der Waals surface area contributed by atoms with Crippen LogP contribution in [0.1, 0.15) is 0 Å². The third-order valence-corrected chi connectivity index (χ3v) is 3.34. The summed E-state index contributed by atoms with van der Waals surface area (Å²) in [5.41, 5.74) is 7.30. The second-order valence-corrected chi connectivity index (χ2v) is 4.85. The summed E-state index contributed by atoms with van der Waals surface area (Å²) in [5.74, 6) is -0.317. The van der Waals surface area contributed by atoms with E-state index in [4.69, 9.17) is 28.9 Å². The molecule has 3 nitrogen and oxygen atoms in total. The van der Waals surface area contributed by atoms with Gasteiger partial charge in [0.2, 0.25) is 5.95 Å². The summed E-state index contributed by atoms with van der Waals surface area (Å²) in [5, 5.41) is 0.770. The highest BCUT2D eigenvalue weighted by Crippen LogP contribution is 2.30. The number of halogens is 3. The van der Waals surface area contributed by atoms with E-state index in [0.29, 0.717) is 21.1 Å². The molecule has 1 heterocycles. The quantitative estimate of drug-likeness (QED) is 0.736. The van der Waals surface area contributed by atoms with Gasteiger partial charge in [-0.25, -0.2) is 9.37 Å². The number of anilines is 1. The number of hydrogen-bond acceptors (Lipinski definition) is 2. The zero-order chi connectivity index (χ0) is 13.6. The minimum atomic E-state index is -0.488. The zero-order valence-corrected chi connectivity index (χ0v) is 11.1. The highest BCUT2D eigenvalue weighted by Gasteiger charge is 2.15. The van der Waals surface area contributed by atoms with E-state index in [2.05, 4.69) is 4.98 Å². The number of hydrogen-bond donors (Lipinski definition) is 1. The number of nitrogen functional groups attached to an aromatic ring is 1. The van der Waals surface area contributed by atoms with Crippen molar-refractivity contribution in [2.24, 2.45) is 0 Å². The van der Waals surface area contributed by atoms with E-state index in [1.807, 2.05) is 0 Å². The van der Waals surface area contributed by atoms with Gasteiger partial charge in [-0.15, -0.1) is 0 Å². The number of nitrogens with zero attached hydrogens (tertiary/aromatic N) is 2. The number of aromatic nitrogens is 2. The van der Waals surface area contributed by atoms with E-state index in [-0.39, 0.29) is 11.6 Å². The largest absolute Gasteiger partial charge is 0.369 e. The Morgan fingerprint density at radius 2 is 1.95 bits per heavy atom. The number of rotatable bonds is 1. The number of para-hydroxylation sites is 1. The zero-order valence-electron chi connectivity index (χ0n) is 9.57. The van der Waals surface area contributed by atoms with Crippen LogP contribution in [0.3, 0.4) is 0 Å². The molecule has 0 saturated heterocycles. The minimum Gasteiger partial charge on any atom is -0.369 e. The second-order valence-electron chi connectivity index (χ2n) is 4.01. The molecule has 0 bridgehead atoms. The van der Waals surface area contributed by atoms with Gasteiger partial charge < -0.3 is 5.73 Å². The summed E-state index contributed by atoms with van der Waals surface area (Å²) in [6.07, 6.45) is 0. The molecule has 0 atom stereocenters. The monoisotopic (exact) mass is 295 g/mol. The van der Waals surface area contributed by atoms with Crippen molar-refractivity contribution >= 4 is 40.2 Å². The van der Waals surface area contributed by atoms with E-state index in [1.54, 1.807) is 30.3 Å². The van der Waals surface area contributed by atoms with Crippen molar-refractivity contribution in [1.29, 1.82) is 0 Å². The fraction of sp³-hybridized carbons (Fsp3) is 0. The molecule has 6 heteroatoms. The lowest BCUT2D eigenvalue weighted by molar-refractivity contribution is 0.620. The van der Waals surface area contributed by atoms with Crippen LogP contribution in [0.2, 0.25) is 10.0 Å².